The Hall–Kier alpha value is -2.87. The third-order valence-electron chi connectivity index (χ3n) is 8.82. The van der Waals surface area contributed by atoms with E-state index in [-0.39, 0.29) is 58.1 Å². The molecule has 0 unspecified atom stereocenters. The van der Waals surface area contributed by atoms with Crippen molar-refractivity contribution < 1.29 is 33.7 Å². The molecule has 4 fully saturated rings. The van der Waals surface area contributed by atoms with Crippen molar-refractivity contribution in [1.29, 1.82) is 0 Å². The first-order valence-corrected chi connectivity index (χ1v) is 11.8. The molecule has 2 saturated carbocycles. The standard InChI is InChI=1S/C26H31NO7/c1-24(18(28)7-10-26-12-14-11-17(22(24)26)34-25(14,2)13-26)9-8-19(29)27-20-16(32-3)6-5-15(23(30)31)21(20)33-4/h5-7,10,14,17,22H,8-9,11-13H2,1-4H3,(H,27,29)(H,30,31)/t14-,17+,22+,24-,25+,26+/m0/s1. The number of ketones is 1. The number of benzene rings is 1. The number of anilines is 1. The first-order chi connectivity index (χ1) is 16.1. The van der Waals surface area contributed by atoms with Crippen molar-refractivity contribution in [2.45, 2.75) is 57.7 Å². The first kappa shape index (κ1) is 22.9. The lowest BCUT2D eigenvalue weighted by atomic mass is 9.51. The van der Waals surface area contributed by atoms with Gasteiger partial charge in [-0.15, -0.1) is 0 Å². The number of hydrogen-bond donors (Lipinski definition) is 2. The van der Waals surface area contributed by atoms with E-state index < -0.39 is 11.4 Å². The van der Waals surface area contributed by atoms with Gasteiger partial charge in [-0.25, -0.2) is 4.79 Å². The summed E-state index contributed by atoms with van der Waals surface area (Å²) in [5.41, 5.74) is -0.761. The zero-order valence-corrected chi connectivity index (χ0v) is 20.0. The molecule has 6 atom stereocenters. The molecular formula is C26H31NO7. The number of nitrogens with one attached hydrogen (secondary N) is 1. The second kappa shape index (κ2) is 7.57. The molecule has 8 nitrogen and oxygen atoms in total. The number of amides is 1. The van der Waals surface area contributed by atoms with E-state index in [4.69, 9.17) is 14.2 Å². The fraction of sp³-hybridized carbons (Fsp3) is 0.577. The van der Waals surface area contributed by atoms with E-state index in [1.807, 2.05) is 6.92 Å². The highest BCUT2D eigenvalue weighted by Crippen LogP contribution is 2.71. The van der Waals surface area contributed by atoms with Gasteiger partial charge >= 0.3 is 5.97 Å². The fourth-order valence-electron chi connectivity index (χ4n) is 7.45. The number of aromatic carboxylic acids is 1. The van der Waals surface area contributed by atoms with Gasteiger partial charge in [-0.1, -0.05) is 13.0 Å². The Bertz CT molecular complexity index is 1110. The number of carbonyl (C=O) groups is 3. The molecule has 1 amide bonds. The topological polar surface area (TPSA) is 111 Å². The minimum absolute atomic E-state index is 0.0217. The average Bonchev–Trinajstić information content (AvgIpc) is 3.16. The van der Waals surface area contributed by atoms with Crippen LogP contribution in [0, 0.1) is 22.7 Å². The van der Waals surface area contributed by atoms with Gasteiger partial charge in [-0.2, -0.15) is 0 Å². The van der Waals surface area contributed by atoms with Crippen LogP contribution in [0.25, 0.3) is 0 Å². The van der Waals surface area contributed by atoms with Crippen LogP contribution in [-0.4, -0.2) is 48.7 Å². The number of rotatable bonds is 7. The average molecular weight is 470 g/mol. The Labute approximate surface area is 198 Å². The Morgan fingerprint density at radius 1 is 1.24 bits per heavy atom. The molecule has 3 aliphatic carbocycles. The van der Waals surface area contributed by atoms with Crippen LogP contribution in [0.3, 0.4) is 0 Å². The van der Waals surface area contributed by atoms with Crippen molar-refractivity contribution in [1.82, 2.24) is 0 Å². The van der Waals surface area contributed by atoms with Crippen molar-refractivity contribution in [3.63, 3.8) is 0 Å². The SMILES string of the molecule is COc1ccc(C(=O)O)c(OC)c1NC(=O)CC[C@@]1(C)C(=O)C=C[C@@]23C[C@@H]4C[C@@H](O[C@]4(C)C2)[C@@H]31. The van der Waals surface area contributed by atoms with Gasteiger partial charge in [-0.3, -0.25) is 9.59 Å². The van der Waals surface area contributed by atoms with E-state index in [2.05, 4.69) is 18.3 Å². The number of allylic oxidation sites excluding steroid dienone is 2. The van der Waals surface area contributed by atoms with Gasteiger partial charge in [-0.05, 0) is 62.1 Å². The summed E-state index contributed by atoms with van der Waals surface area (Å²) in [5, 5.41) is 12.2. The predicted octanol–water partition coefficient (Wildman–Crippen LogP) is 3.84. The molecule has 2 aliphatic heterocycles. The molecule has 34 heavy (non-hydrogen) atoms. The Morgan fingerprint density at radius 2 is 2.00 bits per heavy atom. The zero-order chi connectivity index (χ0) is 24.5. The van der Waals surface area contributed by atoms with Crippen LogP contribution in [-0.2, 0) is 14.3 Å². The van der Waals surface area contributed by atoms with Crippen LogP contribution < -0.4 is 14.8 Å². The molecule has 5 aliphatic rings. The third-order valence-corrected chi connectivity index (χ3v) is 8.82. The van der Waals surface area contributed by atoms with Gasteiger partial charge in [0.2, 0.25) is 5.91 Å². The Morgan fingerprint density at radius 3 is 2.65 bits per heavy atom. The van der Waals surface area contributed by atoms with E-state index in [1.54, 1.807) is 6.08 Å². The monoisotopic (exact) mass is 469 g/mol. The summed E-state index contributed by atoms with van der Waals surface area (Å²) in [7, 11) is 2.78. The van der Waals surface area contributed by atoms with Crippen LogP contribution in [0.5, 0.6) is 11.5 Å². The second-order valence-corrected chi connectivity index (χ2v) is 10.7. The number of carboxylic acids is 1. The van der Waals surface area contributed by atoms with Crippen LogP contribution >= 0.6 is 0 Å². The highest BCUT2D eigenvalue weighted by Gasteiger charge is 2.71. The maximum Gasteiger partial charge on any atom is 0.339 e. The predicted molar refractivity (Wildman–Crippen MR) is 123 cm³/mol. The lowest BCUT2D eigenvalue weighted by molar-refractivity contribution is -0.169. The summed E-state index contributed by atoms with van der Waals surface area (Å²) in [6, 6.07) is 2.85. The van der Waals surface area contributed by atoms with Crippen LogP contribution in [0.2, 0.25) is 0 Å². The molecule has 2 heterocycles. The van der Waals surface area contributed by atoms with E-state index in [1.165, 1.54) is 26.4 Å². The van der Waals surface area contributed by atoms with Crippen molar-refractivity contribution in [2.24, 2.45) is 22.7 Å². The minimum atomic E-state index is -1.17. The van der Waals surface area contributed by atoms with Crippen molar-refractivity contribution in [2.75, 3.05) is 19.5 Å². The molecule has 182 valence electrons. The van der Waals surface area contributed by atoms with Crippen LogP contribution in [0.15, 0.2) is 24.3 Å². The smallest absolute Gasteiger partial charge is 0.339 e. The Balaban J connectivity index is 1.37. The summed E-state index contributed by atoms with van der Waals surface area (Å²) in [6.07, 6.45) is 7.29. The van der Waals surface area contributed by atoms with E-state index >= 15 is 0 Å². The quantitative estimate of drug-likeness (QED) is 0.624. The maximum atomic E-state index is 13.2. The van der Waals surface area contributed by atoms with E-state index in [9.17, 15) is 19.5 Å². The minimum Gasteiger partial charge on any atom is -0.494 e. The molecule has 0 aromatic heterocycles. The van der Waals surface area contributed by atoms with Gasteiger partial charge in [0.1, 0.15) is 17.0 Å². The summed E-state index contributed by atoms with van der Waals surface area (Å²) in [6.45, 7) is 4.17. The van der Waals surface area contributed by atoms with E-state index in [0.717, 1.165) is 19.3 Å². The second-order valence-electron chi connectivity index (χ2n) is 10.7. The third kappa shape index (κ3) is 3.11. The molecule has 8 heteroatoms. The lowest BCUT2D eigenvalue weighted by Crippen LogP contribution is -2.56. The summed E-state index contributed by atoms with van der Waals surface area (Å²) in [4.78, 5) is 37.8. The molecule has 1 aromatic carbocycles. The fourth-order valence-corrected chi connectivity index (χ4v) is 7.45. The molecule has 1 aromatic rings. The Kier molecular flexibility index (Phi) is 5.10. The summed E-state index contributed by atoms with van der Waals surface area (Å²) < 4.78 is 17.1. The van der Waals surface area contributed by atoms with Crippen molar-refractivity contribution in [3.8, 4) is 11.5 Å². The largest absolute Gasteiger partial charge is 0.494 e. The summed E-state index contributed by atoms with van der Waals surface area (Å²) in [5.74, 6) is -0.570. The highest BCUT2D eigenvalue weighted by atomic mass is 16.5. The number of hydrogen-bond acceptors (Lipinski definition) is 6. The number of ether oxygens (including phenoxy) is 3. The molecule has 6 rings (SSSR count). The lowest BCUT2D eigenvalue weighted by Gasteiger charge is -2.55. The van der Waals surface area contributed by atoms with E-state index in [0.29, 0.717) is 18.1 Å². The number of carboxylic acid groups (broad SMARTS) is 1. The molecule has 2 N–H and O–H groups in total. The maximum absolute atomic E-state index is 13.2. The molecular weight excluding hydrogens is 438 g/mol. The van der Waals surface area contributed by atoms with Crippen LogP contribution in [0.1, 0.15) is 56.3 Å². The number of carbonyl (C=O) groups excluding carboxylic acids is 2. The van der Waals surface area contributed by atoms with Gasteiger partial charge in [0.05, 0.1) is 25.9 Å². The number of methoxy groups -OCH3 is 2. The normalized spacial score (nSPS) is 36.9. The molecule has 0 radical (unpaired) electrons. The highest BCUT2D eigenvalue weighted by molar-refractivity contribution is 6.01. The molecule has 2 saturated heterocycles. The van der Waals surface area contributed by atoms with Crippen molar-refractivity contribution in [3.05, 3.63) is 29.8 Å². The zero-order valence-electron chi connectivity index (χ0n) is 20.0. The molecule has 4 bridgehead atoms. The van der Waals surface area contributed by atoms with Gasteiger partial charge in [0, 0.05) is 17.8 Å². The van der Waals surface area contributed by atoms with Gasteiger partial charge in [0.15, 0.2) is 11.5 Å². The van der Waals surface area contributed by atoms with Crippen LogP contribution in [0.4, 0.5) is 5.69 Å². The first-order valence-electron chi connectivity index (χ1n) is 11.8. The van der Waals surface area contributed by atoms with Crippen molar-refractivity contribution >= 4 is 23.3 Å². The molecule has 1 spiro atoms. The van der Waals surface area contributed by atoms with Gasteiger partial charge in [0.25, 0.3) is 0 Å². The van der Waals surface area contributed by atoms with Gasteiger partial charge < -0.3 is 24.6 Å². The summed E-state index contributed by atoms with van der Waals surface area (Å²) >= 11 is 0.